The zero-order valence-corrected chi connectivity index (χ0v) is 45.8. The fourth-order valence-electron chi connectivity index (χ4n) is 15.5. The molecule has 20 nitrogen and oxygen atoms in total. The molecule has 8 aliphatic heterocycles. The predicted octanol–water partition coefficient (Wildman–Crippen LogP) is 4.30. The van der Waals surface area contributed by atoms with Gasteiger partial charge in [-0.3, -0.25) is 0 Å². The molecule has 0 aromatic rings. The van der Waals surface area contributed by atoms with Gasteiger partial charge < -0.3 is 95.8 Å². The van der Waals surface area contributed by atoms with Gasteiger partial charge in [0.15, 0.2) is 37.2 Å². The molecule has 0 aromatic carbocycles. The van der Waals surface area contributed by atoms with Crippen LogP contribution < -0.4 is 0 Å². The summed E-state index contributed by atoms with van der Waals surface area (Å²) >= 11 is 0. The van der Waals surface area contributed by atoms with Crippen molar-refractivity contribution in [3.63, 3.8) is 0 Å². The Morgan fingerprint density at radius 3 is 1.60 bits per heavy atom. The molecule has 0 radical (unpaired) electrons. The van der Waals surface area contributed by atoms with Crippen molar-refractivity contribution < 1.29 is 95.8 Å². The monoisotopic (exact) mass is 1070 g/mol. The molecule has 0 amide bonds. The van der Waals surface area contributed by atoms with Gasteiger partial charge in [-0.15, -0.1) is 0 Å². The Hall–Kier alpha value is -1.48. The quantitative estimate of drug-likeness (QED) is 0.207. The van der Waals surface area contributed by atoms with Crippen molar-refractivity contribution >= 4 is 0 Å². The van der Waals surface area contributed by atoms with E-state index in [1.165, 1.54) is 11.1 Å². The second-order valence-electron chi connectivity index (χ2n) is 23.9. The SMILES string of the molecule is CO[C@H]1C[C@H](O[C@H]2[C@@H](O)C[C@H](O[C@@H]3[C@H](C)O[C@@H](O[C@H]4[C@@H](OC)C[C@H](O[C@@H]5CC6=CCC7=C8O[C@@H]9CO[C@]%10(C)OC[C@@]8(CC[C@@H]7[C@@]6(C)C[C@H]5O)[C@H]9%10)O[C@@H]4C)C[C@H]3OC)O[C@@H]2C)O[C@H](C)[C@H]1O[C@H]1C[C@@H](OC)[C@@H](O)[C@H](C)O1. The molecule has 3 aliphatic carbocycles. The molecule has 20 heteroatoms. The molecule has 28 atom stereocenters. The highest BCUT2D eigenvalue weighted by Crippen LogP contribution is 2.69. The first-order chi connectivity index (χ1) is 35.9. The molecule has 8 heterocycles. The van der Waals surface area contributed by atoms with Crippen molar-refractivity contribution in [2.45, 2.75) is 260 Å². The first-order valence-corrected chi connectivity index (χ1v) is 28.0. The molecule has 9 fully saturated rings. The van der Waals surface area contributed by atoms with E-state index in [0.29, 0.717) is 57.7 Å². The third kappa shape index (κ3) is 10.0. The van der Waals surface area contributed by atoms with E-state index in [2.05, 4.69) is 19.9 Å². The van der Waals surface area contributed by atoms with Crippen molar-refractivity contribution in [1.29, 1.82) is 0 Å². The maximum atomic E-state index is 11.9. The van der Waals surface area contributed by atoms with E-state index in [-0.39, 0.29) is 35.4 Å². The summed E-state index contributed by atoms with van der Waals surface area (Å²) in [7, 11) is 6.48. The van der Waals surface area contributed by atoms with Gasteiger partial charge in [-0.05, 0) is 90.6 Å². The van der Waals surface area contributed by atoms with Gasteiger partial charge in [-0.1, -0.05) is 18.6 Å². The van der Waals surface area contributed by atoms with Crippen LogP contribution in [0.1, 0.15) is 113 Å². The lowest BCUT2D eigenvalue weighted by Gasteiger charge is -2.53. The minimum Gasteiger partial charge on any atom is -0.491 e. The summed E-state index contributed by atoms with van der Waals surface area (Å²) in [6.07, 6.45) is -4.16. The number of fused-ring (bicyclic) bond motifs is 3. The number of hydrogen-bond acceptors (Lipinski definition) is 20. The Morgan fingerprint density at radius 2 is 1.05 bits per heavy atom. The van der Waals surface area contributed by atoms with E-state index in [0.717, 1.165) is 25.0 Å². The van der Waals surface area contributed by atoms with Crippen molar-refractivity contribution in [2.75, 3.05) is 41.7 Å². The van der Waals surface area contributed by atoms with E-state index >= 15 is 0 Å². The highest BCUT2D eigenvalue weighted by Gasteiger charge is 2.72. The average molecular weight is 1070 g/mol. The van der Waals surface area contributed by atoms with Gasteiger partial charge in [0.2, 0.25) is 0 Å². The minimum atomic E-state index is -0.930. The summed E-state index contributed by atoms with van der Waals surface area (Å²) in [4.78, 5) is 0. The van der Waals surface area contributed by atoms with Crippen LogP contribution in [0.4, 0.5) is 0 Å². The highest BCUT2D eigenvalue weighted by molar-refractivity contribution is 5.41. The predicted molar refractivity (Wildman–Crippen MR) is 261 cm³/mol. The van der Waals surface area contributed by atoms with Gasteiger partial charge in [0, 0.05) is 60.5 Å². The Labute approximate surface area is 441 Å². The summed E-state index contributed by atoms with van der Waals surface area (Å²) in [6, 6.07) is 0. The molecule has 0 unspecified atom stereocenters. The Bertz CT molecular complexity index is 2050. The van der Waals surface area contributed by atoms with Crippen molar-refractivity contribution in [3.05, 3.63) is 23.0 Å². The standard InChI is InChI=1S/C55H86O20/c1-25-46(58)36(59-8)18-43(65-25)74-50-29(5)68-44(20-38(50)61-10)72-47-26(2)66-41(17-33(47)56)73-48-28(4)69-45(21-39(48)62-11)75-49-27(3)67-42(19-37(49)60-9)70-35-16-30-12-13-31-32(53(30,6)22-34(35)57)14-15-55-24-64-54(7)51(55)40(23-63-54)71-52(31)55/h12,25-29,32-51,56-58H,13-24H2,1-11H3/t25-,26+,27+,28-,29+,32-,33-,34+,35+,36+,37-,38-,39+,40+,41-,42-,43-,44-,45-,46-,47+,48+,49+,50+,51+,53-,54+,55-/m0/s1. The number of ether oxygens (including phenoxy) is 17. The third-order valence-corrected chi connectivity index (χ3v) is 19.5. The van der Waals surface area contributed by atoms with E-state index in [4.69, 9.17) is 80.5 Å². The molecular formula is C55H86O20. The maximum Gasteiger partial charge on any atom is 0.173 e. The maximum absolute atomic E-state index is 11.9. The molecule has 0 bridgehead atoms. The lowest BCUT2D eigenvalue weighted by atomic mass is 9.52. The normalized spacial score (nSPS) is 53.6. The van der Waals surface area contributed by atoms with Crippen LogP contribution in [0.2, 0.25) is 0 Å². The van der Waals surface area contributed by atoms with Gasteiger partial charge >= 0.3 is 0 Å². The van der Waals surface area contributed by atoms with Gasteiger partial charge in [0.25, 0.3) is 0 Å². The first kappa shape index (κ1) is 55.4. The zero-order valence-electron chi connectivity index (χ0n) is 45.8. The van der Waals surface area contributed by atoms with Gasteiger partial charge in [-0.25, -0.2) is 0 Å². The Morgan fingerprint density at radius 1 is 0.560 bits per heavy atom. The van der Waals surface area contributed by atoms with Crippen molar-refractivity contribution in [2.24, 2.45) is 22.7 Å². The number of rotatable bonds is 14. The van der Waals surface area contributed by atoms with Crippen LogP contribution in [0.5, 0.6) is 0 Å². The van der Waals surface area contributed by atoms with E-state index in [1.807, 2.05) is 27.7 Å². The molecule has 11 aliphatic rings. The largest absolute Gasteiger partial charge is 0.491 e. The molecule has 1 saturated carbocycles. The number of methoxy groups -OCH3 is 4. The van der Waals surface area contributed by atoms with Gasteiger partial charge in [0.1, 0.15) is 42.4 Å². The average Bonchev–Trinajstić information content (AvgIpc) is 4.02. The molecule has 0 aromatic heterocycles. The molecule has 1 spiro atoms. The second-order valence-corrected chi connectivity index (χ2v) is 23.9. The van der Waals surface area contributed by atoms with Crippen LogP contribution >= 0.6 is 0 Å². The lowest BCUT2D eigenvalue weighted by molar-refractivity contribution is -0.351. The minimum absolute atomic E-state index is 0.0342. The fraction of sp³-hybridized carbons (Fsp3) is 0.927. The molecule has 11 rings (SSSR count). The summed E-state index contributed by atoms with van der Waals surface area (Å²) in [5.74, 6) is 1.09. The number of allylic oxidation sites excluding steroid dienone is 2. The van der Waals surface area contributed by atoms with Crippen LogP contribution in [0.25, 0.3) is 0 Å². The Kier molecular flexibility index (Phi) is 16.1. The third-order valence-electron chi connectivity index (χ3n) is 19.5. The smallest absolute Gasteiger partial charge is 0.173 e. The zero-order chi connectivity index (χ0) is 52.9. The number of aliphatic hydroxyl groups is 3. The number of hydrogen-bond donors (Lipinski definition) is 3. The fourth-order valence-corrected chi connectivity index (χ4v) is 15.5. The molecular weight excluding hydrogens is 981 g/mol. The van der Waals surface area contributed by atoms with Crippen LogP contribution in [-0.4, -0.2) is 204 Å². The highest BCUT2D eigenvalue weighted by atomic mass is 16.8. The second kappa shape index (κ2) is 21.8. The van der Waals surface area contributed by atoms with E-state index in [1.54, 1.807) is 35.4 Å². The molecule has 3 N–H and O–H groups in total. The summed E-state index contributed by atoms with van der Waals surface area (Å²) < 4.78 is 107. The van der Waals surface area contributed by atoms with Crippen LogP contribution in [0.15, 0.2) is 23.0 Å². The van der Waals surface area contributed by atoms with Gasteiger partial charge in [-0.2, -0.15) is 0 Å². The van der Waals surface area contributed by atoms with Crippen LogP contribution in [-0.2, 0) is 80.5 Å². The van der Waals surface area contributed by atoms with E-state index < -0.39 is 135 Å². The van der Waals surface area contributed by atoms with Gasteiger partial charge in [0.05, 0.1) is 97.8 Å². The van der Waals surface area contributed by atoms with Crippen LogP contribution in [0, 0.1) is 22.7 Å². The summed E-state index contributed by atoms with van der Waals surface area (Å²) in [5, 5.41) is 33.8. The van der Waals surface area contributed by atoms with Crippen LogP contribution in [0.3, 0.4) is 0 Å². The molecule has 8 saturated heterocycles. The van der Waals surface area contributed by atoms with E-state index in [9.17, 15) is 15.3 Å². The first-order valence-electron chi connectivity index (χ1n) is 28.0. The topological polar surface area (TPSA) is 218 Å². The molecule has 426 valence electrons. The van der Waals surface area contributed by atoms with Crippen molar-refractivity contribution in [1.82, 2.24) is 0 Å². The molecule has 75 heavy (non-hydrogen) atoms. The number of aliphatic hydroxyl groups excluding tert-OH is 3. The Balaban J connectivity index is 0.653. The van der Waals surface area contributed by atoms with Crippen molar-refractivity contribution in [3.8, 4) is 0 Å². The summed E-state index contributed by atoms with van der Waals surface area (Å²) in [6.45, 7) is 15.0. The summed E-state index contributed by atoms with van der Waals surface area (Å²) in [5.41, 5.74) is 2.42. The lowest BCUT2D eigenvalue weighted by Crippen LogP contribution is -2.58.